The molecule has 2 N–H and O–H groups in total. The fraction of sp³-hybridized carbons (Fsp3) is 0.625. The zero-order valence-electron chi connectivity index (χ0n) is 12.1. The van der Waals surface area contributed by atoms with Gasteiger partial charge in [0.25, 0.3) is 0 Å². The molecule has 0 saturated heterocycles. The first-order valence-corrected chi connectivity index (χ1v) is 7.25. The zero-order chi connectivity index (χ0) is 13.9. The third-order valence-electron chi connectivity index (χ3n) is 3.11. The summed E-state index contributed by atoms with van der Waals surface area (Å²) >= 11 is 0. The highest BCUT2D eigenvalue weighted by Crippen LogP contribution is 2.02. The van der Waals surface area contributed by atoms with Crippen LogP contribution in [0.1, 0.15) is 38.7 Å². The normalized spacial score (nSPS) is 14.3. The molecule has 0 aliphatic rings. The zero-order valence-corrected chi connectivity index (χ0v) is 12.1. The van der Waals surface area contributed by atoms with Crippen LogP contribution in [0, 0.1) is 0 Å². The average molecular weight is 265 g/mol. The highest BCUT2D eigenvalue weighted by molar-refractivity contribution is 5.13. The third kappa shape index (κ3) is 7.98. The van der Waals surface area contributed by atoms with Gasteiger partial charge in [-0.25, -0.2) is 0 Å². The minimum atomic E-state index is -0.437. The Bertz CT molecular complexity index is 316. The molecule has 0 radical (unpaired) electrons. The Morgan fingerprint density at radius 2 is 2.00 bits per heavy atom. The van der Waals surface area contributed by atoms with Crippen molar-refractivity contribution in [3.8, 4) is 0 Å². The Hall–Kier alpha value is -0.900. The van der Waals surface area contributed by atoms with Crippen molar-refractivity contribution in [2.45, 2.75) is 51.9 Å². The van der Waals surface area contributed by atoms with Crippen LogP contribution < -0.4 is 5.32 Å². The van der Waals surface area contributed by atoms with Gasteiger partial charge in [0.2, 0.25) is 0 Å². The summed E-state index contributed by atoms with van der Waals surface area (Å²) in [4.78, 5) is 0. The summed E-state index contributed by atoms with van der Waals surface area (Å²) in [5, 5.41) is 13.1. The maximum absolute atomic E-state index is 9.81. The molecule has 1 rings (SSSR count). The minimum Gasteiger partial charge on any atom is -0.389 e. The number of hydrogen-bond acceptors (Lipinski definition) is 3. The van der Waals surface area contributed by atoms with E-state index in [1.165, 1.54) is 12.8 Å². The van der Waals surface area contributed by atoms with E-state index in [1.807, 2.05) is 30.3 Å². The van der Waals surface area contributed by atoms with Gasteiger partial charge >= 0.3 is 0 Å². The van der Waals surface area contributed by atoms with Crippen molar-refractivity contribution < 1.29 is 9.84 Å². The molecule has 108 valence electrons. The Kier molecular flexibility index (Phi) is 8.47. The van der Waals surface area contributed by atoms with Gasteiger partial charge in [-0.15, -0.1) is 0 Å². The molecule has 0 fully saturated rings. The minimum absolute atomic E-state index is 0.377. The van der Waals surface area contributed by atoms with Crippen LogP contribution in [-0.2, 0) is 11.3 Å². The molecule has 0 saturated carbocycles. The molecular weight excluding hydrogens is 238 g/mol. The molecule has 0 bridgehead atoms. The molecule has 3 heteroatoms. The lowest BCUT2D eigenvalue weighted by molar-refractivity contribution is 0.0277. The highest BCUT2D eigenvalue weighted by atomic mass is 16.5. The van der Waals surface area contributed by atoms with Gasteiger partial charge in [-0.05, 0) is 18.9 Å². The molecule has 0 aliphatic carbocycles. The van der Waals surface area contributed by atoms with Crippen molar-refractivity contribution in [3.63, 3.8) is 0 Å². The molecule has 2 unspecified atom stereocenters. The van der Waals surface area contributed by atoms with Crippen molar-refractivity contribution in [1.29, 1.82) is 0 Å². The van der Waals surface area contributed by atoms with Gasteiger partial charge in [0.15, 0.2) is 0 Å². The van der Waals surface area contributed by atoms with Crippen molar-refractivity contribution in [3.05, 3.63) is 35.9 Å². The number of rotatable bonds is 10. The predicted molar refractivity (Wildman–Crippen MR) is 79.1 cm³/mol. The Morgan fingerprint density at radius 1 is 1.26 bits per heavy atom. The first kappa shape index (κ1) is 16.2. The van der Waals surface area contributed by atoms with E-state index in [1.54, 1.807) is 0 Å². The second kappa shape index (κ2) is 9.96. The average Bonchev–Trinajstić information content (AvgIpc) is 2.44. The van der Waals surface area contributed by atoms with Gasteiger partial charge in [-0.1, -0.05) is 50.1 Å². The molecular formula is C16H27NO2. The van der Waals surface area contributed by atoms with Gasteiger partial charge in [-0.3, -0.25) is 0 Å². The maximum Gasteiger partial charge on any atom is 0.0897 e. The van der Waals surface area contributed by atoms with E-state index in [2.05, 4.69) is 19.2 Å². The molecule has 0 spiro atoms. The summed E-state index contributed by atoms with van der Waals surface area (Å²) in [6.07, 6.45) is 3.17. The largest absolute Gasteiger partial charge is 0.389 e. The molecule has 19 heavy (non-hydrogen) atoms. The number of aliphatic hydroxyl groups excluding tert-OH is 1. The van der Waals surface area contributed by atoms with Crippen LogP contribution in [0.4, 0.5) is 0 Å². The van der Waals surface area contributed by atoms with Crippen molar-refractivity contribution >= 4 is 0 Å². The first-order chi connectivity index (χ1) is 9.22. The second-order valence-corrected chi connectivity index (χ2v) is 5.11. The third-order valence-corrected chi connectivity index (χ3v) is 3.11. The van der Waals surface area contributed by atoms with Gasteiger partial charge in [0.1, 0.15) is 0 Å². The number of hydrogen-bond donors (Lipinski definition) is 2. The summed E-state index contributed by atoms with van der Waals surface area (Å²) in [6.45, 7) is 5.89. The maximum atomic E-state index is 9.81. The van der Waals surface area contributed by atoms with Crippen LogP contribution in [0.25, 0.3) is 0 Å². The van der Waals surface area contributed by atoms with Crippen LogP contribution in [0.15, 0.2) is 30.3 Å². The van der Waals surface area contributed by atoms with Crippen molar-refractivity contribution in [1.82, 2.24) is 5.32 Å². The summed E-state index contributed by atoms with van der Waals surface area (Å²) < 4.78 is 5.50. The molecule has 0 amide bonds. The van der Waals surface area contributed by atoms with Crippen LogP contribution in [-0.4, -0.2) is 30.4 Å². The number of nitrogens with one attached hydrogen (secondary N) is 1. The fourth-order valence-corrected chi connectivity index (χ4v) is 1.90. The van der Waals surface area contributed by atoms with Crippen molar-refractivity contribution in [2.75, 3.05) is 13.2 Å². The highest BCUT2D eigenvalue weighted by Gasteiger charge is 2.07. The topological polar surface area (TPSA) is 41.5 Å². The fourth-order valence-electron chi connectivity index (χ4n) is 1.90. The van der Waals surface area contributed by atoms with E-state index in [9.17, 15) is 5.11 Å². The standard InChI is InChI=1S/C16H27NO2/c1-3-4-8-14(2)17-11-16(18)13-19-12-15-9-6-5-7-10-15/h5-7,9-10,14,16-18H,3-4,8,11-13H2,1-2H3. The molecule has 0 aromatic heterocycles. The molecule has 0 heterocycles. The summed E-state index contributed by atoms with van der Waals surface area (Å²) in [7, 11) is 0. The molecule has 0 aliphatic heterocycles. The van der Waals surface area contributed by atoms with Gasteiger partial charge in [-0.2, -0.15) is 0 Å². The lowest BCUT2D eigenvalue weighted by Gasteiger charge is -2.17. The van der Waals surface area contributed by atoms with Crippen LogP contribution in [0.2, 0.25) is 0 Å². The second-order valence-electron chi connectivity index (χ2n) is 5.11. The monoisotopic (exact) mass is 265 g/mol. The summed E-state index contributed by atoms with van der Waals surface area (Å²) in [5.74, 6) is 0. The van der Waals surface area contributed by atoms with E-state index in [0.29, 0.717) is 25.8 Å². The van der Waals surface area contributed by atoms with Crippen molar-refractivity contribution in [2.24, 2.45) is 0 Å². The Balaban J connectivity index is 2.06. The summed E-state index contributed by atoms with van der Waals surface area (Å²) in [5.41, 5.74) is 1.14. The molecule has 2 atom stereocenters. The molecule has 1 aromatic rings. The van der Waals surface area contributed by atoms with Crippen LogP contribution >= 0.6 is 0 Å². The Labute approximate surface area is 117 Å². The van der Waals surface area contributed by atoms with E-state index < -0.39 is 6.10 Å². The SMILES string of the molecule is CCCCC(C)NCC(O)COCc1ccccc1. The van der Waals surface area contributed by atoms with Crippen LogP contribution in [0.3, 0.4) is 0 Å². The van der Waals surface area contributed by atoms with E-state index in [4.69, 9.17) is 4.74 Å². The lowest BCUT2D eigenvalue weighted by Crippen LogP contribution is -2.35. The Morgan fingerprint density at radius 3 is 2.68 bits per heavy atom. The number of aliphatic hydroxyl groups is 1. The van der Waals surface area contributed by atoms with Gasteiger partial charge in [0.05, 0.1) is 19.3 Å². The van der Waals surface area contributed by atoms with E-state index >= 15 is 0 Å². The van der Waals surface area contributed by atoms with Crippen LogP contribution in [0.5, 0.6) is 0 Å². The predicted octanol–water partition coefficient (Wildman–Crippen LogP) is 2.73. The number of benzene rings is 1. The smallest absolute Gasteiger partial charge is 0.0897 e. The quantitative estimate of drug-likeness (QED) is 0.683. The van der Waals surface area contributed by atoms with Gasteiger partial charge < -0.3 is 15.2 Å². The molecule has 3 nitrogen and oxygen atoms in total. The van der Waals surface area contributed by atoms with Gasteiger partial charge in [0, 0.05) is 12.6 Å². The van der Waals surface area contributed by atoms with E-state index in [0.717, 1.165) is 12.0 Å². The van der Waals surface area contributed by atoms with E-state index in [-0.39, 0.29) is 0 Å². The lowest BCUT2D eigenvalue weighted by atomic mass is 10.1. The first-order valence-electron chi connectivity index (χ1n) is 7.25. The molecule has 1 aromatic carbocycles. The number of ether oxygens (including phenoxy) is 1. The number of unbranched alkanes of at least 4 members (excludes halogenated alkanes) is 1. The summed E-state index contributed by atoms with van der Waals surface area (Å²) in [6, 6.07) is 10.5.